The van der Waals surface area contributed by atoms with Gasteiger partial charge in [0.15, 0.2) is 0 Å². The average Bonchev–Trinajstić information content (AvgIpc) is 3.43. The van der Waals surface area contributed by atoms with E-state index >= 15 is 0 Å². The standard InChI is InChI=1S/C24H31N5/c1-2-10-26(9-1)12-17-29-11-7-22-6-5-21(18-24(22)29)20-27-13-15-28(16-14-27)23-4-3-8-25-19-23/h3-8,11,18-19H,1-2,9-10,12-17,20H2. The fraction of sp³-hybridized carbons (Fsp3) is 0.458. The minimum Gasteiger partial charge on any atom is -0.368 e. The molecule has 4 heterocycles. The molecule has 0 unspecified atom stereocenters. The molecule has 1 aromatic carbocycles. The monoisotopic (exact) mass is 389 g/mol. The maximum Gasteiger partial charge on any atom is 0.0553 e. The second kappa shape index (κ2) is 8.56. The van der Waals surface area contributed by atoms with Gasteiger partial charge in [0, 0.05) is 63.7 Å². The molecule has 5 nitrogen and oxygen atoms in total. The highest BCUT2D eigenvalue weighted by atomic mass is 15.3. The molecular weight excluding hydrogens is 358 g/mol. The molecule has 0 saturated carbocycles. The van der Waals surface area contributed by atoms with Crippen LogP contribution in [0.3, 0.4) is 0 Å². The summed E-state index contributed by atoms with van der Waals surface area (Å²) in [7, 11) is 0. The van der Waals surface area contributed by atoms with Gasteiger partial charge in [-0.25, -0.2) is 0 Å². The summed E-state index contributed by atoms with van der Waals surface area (Å²) in [6.45, 7) is 10.2. The lowest BCUT2D eigenvalue weighted by molar-refractivity contribution is 0.250. The quantitative estimate of drug-likeness (QED) is 0.645. The zero-order valence-electron chi connectivity index (χ0n) is 17.2. The third-order valence-corrected chi connectivity index (χ3v) is 6.48. The number of fused-ring (bicyclic) bond motifs is 1. The van der Waals surface area contributed by atoms with Crippen LogP contribution in [0, 0.1) is 0 Å². The molecule has 29 heavy (non-hydrogen) atoms. The summed E-state index contributed by atoms with van der Waals surface area (Å²) in [4.78, 5) is 11.9. The summed E-state index contributed by atoms with van der Waals surface area (Å²) in [5, 5.41) is 1.36. The van der Waals surface area contributed by atoms with Gasteiger partial charge in [-0.2, -0.15) is 0 Å². The topological polar surface area (TPSA) is 27.5 Å². The Hall–Kier alpha value is -2.37. The van der Waals surface area contributed by atoms with Crippen molar-refractivity contribution < 1.29 is 0 Å². The Morgan fingerprint density at radius 2 is 1.69 bits per heavy atom. The van der Waals surface area contributed by atoms with Crippen LogP contribution in [0.1, 0.15) is 18.4 Å². The van der Waals surface area contributed by atoms with Crippen LogP contribution < -0.4 is 4.90 Å². The first-order valence-corrected chi connectivity index (χ1v) is 11.0. The molecule has 0 amide bonds. The average molecular weight is 390 g/mol. The van der Waals surface area contributed by atoms with Gasteiger partial charge in [-0.1, -0.05) is 12.1 Å². The largest absolute Gasteiger partial charge is 0.368 e. The maximum absolute atomic E-state index is 4.26. The van der Waals surface area contributed by atoms with Crippen molar-refractivity contribution in [3.8, 4) is 0 Å². The minimum atomic E-state index is 1.04. The third-order valence-electron chi connectivity index (χ3n) is 6.48. The van der Waals surface area contributed by atoms with Gasteiger partial charge in [-0.05, 0) is 61.1 Å². The number of benzene rings is 1. The molecule has 5 rings (SSSR count). The van der Waals surface area contributed by atoms with E-state index in [1.807, 2.05) is 18.5 Å². The first-order chi connectivity index (χ1) is 14.3. The van der Waals surface area contributed by atoms with Crippen molar-refractivity contribution in [1.82, 2.24) is 19.4 Å². The predicted molar refractivity (Wildman–Crippen MR) is 119 cm³/mol. The van der Waals surface area contributed by atoms with Gasteiger partial charge in [-0.15, -0.1) is 0 Å². The summed E-state index contributed by atoms with van der Waals surface area (Å²) in [5.41, 5.74) is 4.05. The van der Waals surface area contributed by atoms with E-state index in [0.29, 0.717) is 0 Å². The Kier molecular flexibility index (Phi) is 5.50. The molecule has 3 aromatic rings. The molecule has 2 fully saturated rings. The van der Waals surface area contributed by atoms with Crippen LogP contribution in [0.2, 0.25) is 0 Å². The van der Waals surface area contributed by atoms with E-state index in [1.54, 1.807) is 0 Å². The molecule has 2 aliphatic rings. The molecule has 2 aliphatic heterocycles. The fourth-order valence-electron chi connectivity index (χ4n) is 4.74. The van der Waals surface area contributed by atoms with Crippen molar-refractivity contribution in [3.63, 3.8) is 0 Å². The molecule has 5 heteroatoms. The predicted octanol–water partition coefficient (Wildman–Crippen LogP) is 3.45. The van der Waals surface area contributed by atoms with E-state index in [-0.39, 0.29) is 0 Å². The Morgan fingerprint density at radius 3 is 2.48 bits per heavy atom. The zero-order valence-corrected chi connectivity index (χ0v) is 17.2. The lowest BCUT2D eigenvalue weighted by Crippen LogP contribution is -2.46. The first kappa shape index (κ1) is 18.6. The Labute approximate surface area is 173 Å². The highest BCUT2D eigenvalue weighted by Gasteiger charge is 2.18. The van der Waals surface area contributed by atoms with Crippen LogP contribution in [0.25, 0.3) is 10.9 Å². The molecule has 0 spiro atoms. The maximum atomic E-state index is 4.26. The van der Waals surface area contributed by atoms with Gasteiger partial charge in [-0.3, -0.25) is 9.88 Å². The summed E-state index contributed by atoms with van der Waals surface area (Å²) in [5.74, 6) is 0. The van der Waals surface area contributed by atoms with Crippen LogP contribution in [-0.2, 0) is 13.1 Å². The number of aromatic nitrogens is 2. The third kappa shape index (κ3) is 4.31. The zero-order chi connectivity index (χ0) is 19.5. The van der Waals surface area contributed by atoms with E-state index in [9.17, 15) is 0 Å². The van der Waals surface area contributed by atoms with Crippen LogP contribution in [0.15, 0.2) is 55.0 Å². The lowest BCUT2D eigenvalue weighted by atomic mass is 10.1. The number of pyridine rings is 1. The van der Waals surface area contributed by atoms with Crippen LogP contribution >= 0.6 is 0 Å². The van der Waals surface area contributed by atoms with Crippen molar-refractivity contribution in [2.24, 2.45) is 0 Å². The molecule has 0 aliphatic carbocycles. The van der Waals surface area contributed by atoms with Gasteiger partial charge in [0.2, 0.25) is 0 Å². The van der Waals surface area contributed by atoms with Gasteiger partial charge in [0.05, 0.1) is 11.9 Å². The number of rotatable bonds is 6. The van der Waals surface area contributed by atoms with Gasteiger partial charge < -0.3 is 14.4 Å². The van der Waals surface area contributed by atoms with Crippen molar-refractivity contribution in [1.29, 1.82) is 0 Å². The van der Waals surface area contributed by atoms with Crippen molar-refractivity contribution >= 4 is 16.6 Å². The van der Waals surface area contributed by atoms with Crippen LogP contribution in [0.4, 0.5) is 5.69 Å². The summed E-state index contributed by atoms with van der Waals surface area (Å²) >= 11 is 0. The number of likely N-dealkylation sites (tertiary alicyclic amines) is 1. The van der Waals surface area contributed by atoms with E-state index < -0.39 is 0 Å². The number of hydrogen-bond donors (Lipinski definition) is 0. The highest BCUT2D eigenvalue weighted by Crippen LogP contribution is 2.21. The van der Waals surface area contributed by atoms with Crippen molar-refractivity contribution in [3.05, 3.63) is 60.6 Å². The number of nitrogens with zero attached hydrogens (tertiary/aromatic N) is 5. The normalized spacial score (nSPS) is 18.7. The molecule has 2 saturated heterocycles. The molecule has 0 radical (unpaired) electrons. The molecular formula is C24H31N5. The first-order valence-electron chi connectivity index (χ1n) is 11.0. The summed E-state index contributed by atoms with van der Waals surface area (Å²) in [6, 6.07) is 13.5. The van der Waals surface area contributed by atoms with Crippen molar-refractivity contribution in [2.45, 2.75) is 25.9 Å². The minimum absolute atomic E-state index is 1.04. The van der Waals surface area contributed by atoms with Crippen LogP contribution in [-0.4, -0.2) is 65.2 Å². The molecule has 2 aromatic heterocycles. The highest BCUT2D eigenvalue weighted by molar-refractivity contribution is 5.80. The molecule has 152 valence electrons. The number of hydrogen-bond acceptors (Lipinski definition) is 4. The SMILES string of the molecule is c1cncc(N2CCN(Cc3ccc4ccn(CCN5CCCC5)c4c3)CC2)c1. The number of piperazine rings is 1. The van der Waals surface area contributed by atoms with Gasteiger partial charge in [0.25, 0.3) is 0 Å². The Morgan fingerprint density at radius 1 is 0.828 bits per heavy atom. The van der Waals surface area contributed by atoms with Crippen molar-refractivity contribution in [2.75, 3.05) is 50.7 Å². The molecule has 0 atom stereocenters. The smallest absolute Gasteiger partial charge is 0.0553 e. The second-order valence-corrected chi connectivity index (χ2v) is 8.43. The van der Waals surface area contributed by atoms with Crippen LogP contribution in [0.5, 0.6) is 0 Å². The van der Waals surface area contributed by atoms with E-state index in [1.165, 1.54) is 54.6 Å². The van der Waals surface area contributed by atoms with E-state index in [2.05, 4.69) is 60.8 Å². The van der Waals surface area contributed by atoms with Gasteiger partial charge >= 0.3 is 0 Å². The summed E-state index contributed by atoms with van der Waals surface area (Å²) in [6.07, 6.45) is 8.81. The number of anilines is 1. The van der Waals surface area contributed by atoms with E-state index in [4.69, 9.17) is 0 Å². The fourth-order valence-corrected chi connectivity index (χ4v) is 4.74. The molecule has 0 N–H and O–H groups in total. The Balaban J connectivity index is 1.21. The van der Waals surface area contributed by atoms with Gasteiger partial charge in [0.1, 0.15) is 0 Å². The second-order valence-electron chi connectivity index (χ2n) is 8.43. The molecule has 0 bridgehead atoms. The van der Waals surface area contributed by atoms with E-state index in [0.717, 1.165) is 39.3 Å². The lowest BCUT2D eigenvalue weighted by Gasteiger charge is -2.36. The summed E-state index contributed by atoms with van der Waals surface area (Å²) < 4.78 is 2.44. The Bertz CT molecular complexity index is 921.